The fraction of sp³-hybridized carbons (Fsp3) is 0.400. The number of benzene rings is 1. The molecule has 0 spiro atoms. The van der Waals surface area contributed by atoms with Crippen molar-refractivity contribution in [2.24, 2.45) is 0 Å². The summed E-state index contributed by atoms with van der Waals surface area (Å²) >= 11 is 0. The SMILES string of the molecule is COCC(C)N(C)C(=O)c1oc2ccc(F)cc2c1C. The number of ether oxygens (including phenoxy) is 1. The molecule has 0 fully saturated rings. The number of fused-ring (bicyclic) bond motifs is 1. The van der Waals surface area contributed by atoms with Crippen LogP contribution >= 0.6 is 0 Å². The molecule has 5 heteroatoms. The minimum absolute atomic E-state index is 0.0724. The van der Waals surface area contributed by atoms with Crippen molar-refractivity contribution in [2.75, 3.05) is 20.8 Å². The predicted octanol–water partition coefficient (Wildman–Crippen LogP) is 2.99. The third kappa shape index (κ3) is 2.54. The fourth-order valence-corrected chi connectivity index (χ4v) is 2.11. The van der Waals surface area contributed by atoms with E-state index in [-0.39, 0.29) is 23.5 Å². The van der Waals surface area contributed by atoms with Gasteiger partial charge in [-0.1, -0.05) is 0 Å². The number of methoxy groups -OCH3 is 1. The lowest BCUT2D eigenvalue weighted by Crippen LogP contribution is -2.37. The molecule has 0 radical (unpaired) electrons. The van der Waals surface area contributed by atoms with E-state index in [9.17, 15) is 9.18 Å². The molecule has 2 rings (SSSR count). The van der Waals surface area contributed by atoms with Crippen LogP contribution in [0.4, 0.5) is 4.39 Å². The molecule has 0 aliphatic carbocycles. The van der Waals surface area contributed by atoms with Gasteiger partial charge in [-0.05, 0) is 32.0 Å². The van der Waals surface area contributed by atoms with Gasteiger partial charge in [-0.15, -0.1) is 0 Å². The van der Waals surface area contributed by atoms with Crippen molar-refractivity contribution < 1.29 is 18.3 Å². The van der Waals surface area contributed by atoms with Crippen LogP contribution in [-0.4, -0.2) is 37.6 Å². The highest BCUT2D eigenvalue weighted by Gasteiger charge is 2.24. The highest BCUT2D eigenvalue weighted by atomic mass is 19.1. The molecule has 4 nitrogen and oxygen atoms in total. The molecule has 2 aromatic rings. The number of hydrogen-bond acceptors (Lipinski definition) is 3. The van der Waals surface area contributed by atoms with E-state index in [0.717, 1.165) is 0 Å². The van der Waals surface area contributed by atoms with Gasteiger partial charge < -0.3 is 14.1 Å². The molecule has 0 bridgehead atoms. The van der Waals surface area contributed by atoms with Gasteiger partial charge in [0.05, 0.1) is 12.6 Å². The normalized spacial score (nSPS) is 12.7. The molecule has 0 N–H and O–H groups in total. The second kappa shape index (κ2) is 5.63. The van der Waals surface area contributed by atoms with Gasteiger partial charge in [0, 0.05) is 25.1 Å². The lowest BCUT2D eigenvalue weighted by molar-refractivity contribution is 0.0605. The number of hydrogen-bond donors (Lipinski definition) is 0. The first-order valence-electron chi connectivity index (χ1n) is 6.40. The zero-order valence-electron chi connectivity index (χ0n) is 12.1. The zero-order valence-corrected chi connectivity index (χ0v) is 12.1. The van der Waals surface area contributed by atoms with E-state index < -0.39 is 0 Å². The van der Waals surface area contributed by atoms with Gasteiger partial charge in [0.25, 0.3) is 5.91 Å². The first kappa shape index (κ1) is 14.5. The molecule has 1 heterocycles. The number of carbonyl (C=O) groups excluding carboxylic acids is 1. The Balaban J connectivity index is 2.37. The third-order valence-electron chi connectivity index (χ3n) is 3.48. The van der Waals surface area contributed by atoms with Gasteiger partial charge in [-0.25, -0.2) is 4.39 Å². The Morgan fingerprint density at radius 1 is 1.50 bits per heavy atom. The van der Waals surface area contributed by atoms with Crippen LogP contribution in [0.25, 0.3) is 11.0 Å². The molecule has 0 saturated heterocycles. The molecule has 0 aliphatic heterocycles. The summed E-state index contributed by atoms with van der Waals surface area (Å²) in [5.74, 6) is -0.332. The van der Waals surface area contributed by atoms with Crippen LogP contribution in [-0.2, 0) is 4.74 Å². The number of rotatable bonds is 4. The average Bonchev–Trinajstić information content (AvgIpc) is 2.74. The van der Waals surface area contributed by atoms with Crippen molar-refractivity contribution in [3.8, 4) is 0 Å². The number of nitrogens with zero attached hydrogens (tertiary/aromatic N) is 1. The maximum absolute atomic E-state index is 13.3. The van der Waals surface area contributed by atoms with Crippen LogP contribution in [0.5, 0.6) is 0 Å². The Hall–Kier alpha value is -1.88. The summed E-state index contributed by atoms with van der Waals surface area (Å²) in [5, 5.41) is 0.626. The van der Waals surface area contributed by atoms with E-state index in [1.54, 1.807) is 26.0 Å². The highest BCUT2D eigenvalue weighted by molar-refractivity contribution is 5.98. The van der Waals surface area contributed by atoms with Crippen LogP contribution < -0.4 is 0 Å². The van der Waals surface area contributed by atoms with Crippen LogP contribution in [0.2, 0.25) is 0 Å². The number of likely N-dealkylation sites (N-methyl/N-ethyl adjacent to an activating group) is 1. The van der Waals surface area contributed by atoms with E-state index >= 15 is 0 Å². The van der Waals surface area contributed by atoms with Gasteiger partial charge >= 0.3 is 0 Å². The Bertz CT molecular complexity index is 635. The second-order valence-corrected chi connectivity index (χ2v) is 4.92. The maximum Gasteiger partial charge on any atom is 0.289 e. The minimum Gasteiger partial charge on any atom is -0.451 e. The number of halogens is 1. The molecule has 20 heavy (non-hydrogen) atoms. The predicted molar refractivity (Wildman–Crippen MR) is 74.3 cm³/mol. The van der Waals surface area contributed by atoms with Gasteiger partial charge in [-0.3, -0.25) is 4.79 Å². The first-order valence-corrected chi connectivity index (χ1v) is 6.40. The highest BCUT2D eigenvalue weighted by Crippen LogP contribution is 2.27. The molecule has 0 aliphatic rings. The Kier molecular flexibility index (Phi) is 4.09. The maximum atomic E-state index is 13.3. The standard InChI is InChI=1S/C15H18FNO3/c1-9(8-19-4)17(3)15(18)14-10(2)12-7-11(16)5-6-13(12)20-14/h5-7,9H,8H2,1-4H3. The minimum atomic E-state index is -0.346. The molecule has 108 valence electrons. The van der Waals surface area contributed by atoms with Crippen LogP contribution in [0.1, 0.15) is 23.0 Å². The number of aryl methyl sites for hydroxylation is 1. The lowest BCUT2D eigenvalue weighted by Gasteiger charge is -2.23. The largest absolute Gasteiger partial charge is 0.451 e. The topological polar surface area (TPSA) is 42.7 Å². The summed E-state index contributed by atoms with van der Waals surface area (Å²) in [6, 6.07) is 4.16. The van der Waals surface area contributed by atoms with E-state index in [1.165, 1.54) is 18.2 Å². The Morgan fingerprint density at radius 2 is 2.20 bits per heavy atom. The molecule has 1 aromatic carbocycles. The van der Waals surface area contributed by atoms with E-state index in [4.69, 9.17) is 9.15 Å². The Labute approximate surface area is 117 Å². The van der Waals surface area contributed by atoms with Gasteiger partial charge in [0.15, 0.2) is 5.76 Å². The van der Waals surface area contributed by atoms with Crippen LogP contribution in [0, 0.1) is 12.7 Å². The average molecular weight is 279 g/mol. The summed E-state index contributed by atoms with van der Waals surface area (Å²) in [6.45, 7) is 4.09. The van der Waals surface area contributed by atoms with Gasteiger partial charge in [-0.2, -0.15) is 0 Å². The van der Waals surface area contributed by atoms with Gasteiger partial charge in [0.2, 0.25) is 0 Å². The van der Waals surface area contributed by atoms with Crippen molar-refractivity contribution in [1.29, 1.82) is 0 Å². The van der Waals surface area contributed by atoms with Crippen LogP contribution in [0.3, 0.4) is 0 Å². The van der Waals surface area contributed by atoms with E-state index in [1.807, 2.05) is 6.92 Å². The third-order valence-corrected chi connectivity index (χ3v) is 3.48. The van der Waals surface area contributed by atoms with Gasteiger partial charge in [0.1, 0.15) is 11.4 Å². The molecule has 0 saturated carbocycles. The van der Waals surface area contributed by atoms with Crippen molar-refractivity contribution in [3.63, 3.8) is 0 Å². The number of carbonyl (C=O) groups is 1. The molecular formula is C15H18FNO3. The monoisotopic (exact) mass is 279 g/mol. The smallest absolute Gasteiger partial charge is 0.289 e. The van der Waals surface area contributed by atoms with E-state index in [0.29, 0.717) is 23.1 Å². The lowest BCUT2D eigenvalue weighted by atomic mass is 10.1. The summed E-state index contributed by atoms with van der Waals surface area (Å²) in [7, 11) is 3.28. The van der Waals surface area contributed by atoms with Crippen molar-refractivity contribution in [3.05, 3.63) is 35.3 Å². The summed E-state index contributed by atoms with van der Waals surface area (Å²) in [5.41, 5.74) is 1.17. The number of amides is 1. The van der Waals surface area contributed by atoms with Crippen LogP contribution in [0.15, 0.2) is 22.6 Å². The molecule has 1 amide bonds. The molecular weight excluding hydrogens is 261 g/mol. The summed E-state index contributed by atoms with van der Waals surface area (Å²) in [4.78, 5) is 14.0. The fourth-order valence-electron chi connectivity index (χ4n) is 2.11. The van der Waals surface area contributed by atoms with Crippen molar-refractivity contribution >= 4 is 16.9 Å². The molecule has 1 aromatic heterocycles. The summed E-state index contributed by atoms with van der Waals surface area (Å²) in [6.07, 6.45) is 0. The Morgan fingerprint density at radius 3 is 2.85 bits per heavy atom. The van der Waals surface area contributed by atoms with Crippen molar-refractivity contribution in [2.45, 2.75) is 19.9 Å². The molecule has 1 unspecified atom stereocenters. The van der Waals surface area contributed by atoms with E-state index in [2.05, 4.69) is 0 Å². The van der Waals surface area contributed by atoms with Crippen molar-refractivity contribution in [1.82, 2.24) is 4.90 Å². The summed E-state index contributed by atoms with van der Waals surface area (Å²) < 4.78 is 23.9. The quantitative estimate of drug-likeness (QED) is 0.864. The second-order valence-electron chi connectivity index (χ2n) is 4.92. The number of furan rings is 1. The first-order chi connectivity index (χ1) is 9.45. The zero-order chi connectivity index (χ0) is 14.9. The molecule has 1 atom stereocenters.